The van der Waals surface area contributed by atoms with Gasteiger partial charge in [0.25, 0.3) is 5.91 Å². The van der Waals surface area contributed by atoms with Crippen LogP contribution in [0.1, 0.15) is 40.0 Å². The summed E-state index contributed by atoms with van der Waals surface area (Å²) in [5.41, 5.74) is 5.61. The molecule has 0 atom stereocenters. The Kier molecular flexibility index (Phi) is 6.67. The fraction of sp³-hybridized carbons (Fsp3) is 0.286. The summed E-state index contributed by atoms with van der Waals surface area (Å²) in [4.78, 5) is 36.2. The normalized spacial score (nSPS) is 12.0. The van der Waals surface area contributed by atoms with Crippen molar-refractivity contribution in [2.24, 2.45) is 0 Å². The Morgan fingerprint density at radius 1 is 0.897 bits per heavy atom. The van der Waals surface area contributed by atoms with Crippen LogP contribution < -0.4 is 25.1 Å². The Hall–Kier alpha value is -3.55. The summed E-state index contributed by atoms with van der Waals surface area (Å²) in [7, 11) is 1.56. The first-order valence-corrected chi connectivity index (χ1v) is 9.23. The van der Waals surface area contributed by atoms with Crippen molar-refractivity contribution in [3.63, 3.8) is 0 Å². The molecular formula is C21H22N2O6. The molecule has 0 fully saturated rings. The van der Waals surface area contributed by atoms with Crippen molar-refractivity contribution in [3.05, 3.63) is 53.6 Å². The van der Waals surface area contributed by atoms with Crippen LogP contribution in [0, 0.1) is 0 Å². The lowest BCUT2D eigenvalue weighted by molar-refractivity contribution is -0.121. The number of ether oxygens (including phenoxy) is 3. The predicted octanol–water partition coefficient (Wildman–Crippen LogP) is 2.28. The molecule has 0 aromatic heterocycles. The third-order valence-electron chi connectivity index (χ3n) is 4.34. The molecule has 0 unspecified atom stereocenters. The largest absolute Gasteiger partial charge is 0.497 e. The molecule has 3 rings (SSSR count). The lowest BCUT2D eigenvalue weighted by Gasteiger charge is -2.18. The van der Waals surface area contributed by atoms with Crippen LogP contribution in [0.3, 0.4) is 0 Å². The second-order valence-electron chi connectivity index (χ2n) is 6.37. The molecule has 2 aromatic carbocycles. The number of fused-ring (bicyclic) bond motifs is 1. The minimum atomic E-state index is -0.468. The Balaban J connectivity index is 1.40. The van der Waals surface area contributed by atoms with Gasteiger partial charge in [0, 0.05) is 24.0 Å². The monoisotopic (exact) mass is 398 g/mol. The minimum absolute atomic E-state index is 0.0548. The van der Waals surface area contributed by atoms with Crippen molar-refractivity contribution >= 4 is 17.6 Å². The van der Waals surface area contributed by atoms with E-state index in [2.05, 4.69) is 10.9 Å². The zero-order valence-corrected chi connectivity index (χ0v) is 16.0. The van der Waals surface area contributed by atoms with Gasteiger partial charge in [0.2, 0.25) is 5.91 Å². The first-order chi connectivity index (χ1) is 14.1. The summed E-state index contributed by atoms with van der Waals surface area (Å²) in [6, 6.07) is 11.6. The fourth-order valence-corrected chi connectivity index (χ4v) is 2.78. The van der Waals surface area contributed by atoms with Gasteiger partial charge in [-0.05, 0) is 48.9 Å². The summed E-state index contributed by atoms with van der Waals surface area (Å²) >= 11 is 0. The van der Waals surface area contributed by atoms with Crippen molar-refractivity contribution in [1.29, 1.82) is 0 Å². The van der Waals surface area contributed by atoms with E-state index >= 15 is 0 Å². The second-order valence-corrected chi connectivity index (χ2v) is 6.37. The van der Waals surface area contributed by atoms with Gasteiger partial charge in [-0.1, -0.05) is 0 Å². The van der Waals surface area contributed by atoms with Gasteiger partial charge in [0.15, 0.2) is 17.3 Å². The number of ketones is 1. The van der Waals surface area contributed by atoms with E-state index in [4.69, 9.17) is 14.2 Å². The number of nitrogens with one attached hydrogen (secondary N) is 2. The smallest absolute Gasteiger partial charge is 0.269 e. The summed E-state index contributed by atoms with van der Waals surface area (Å²) in [6.45, 7) is 0.889. The Morgan fingerprint density at radius 2 is 1.59 bits per heavy atom. The van der Waals surface area contributed by atoms with Crippen molar-refractivity contribution in [1.82, 2.24) is 10.9 Å². The molecule has 0 radical (unpaired) electrons. The third-order valence-corrected chi connectivity index (χ3v) is 4.34. The molecule has 152 valence electrons. The highest BCUT2D eigenvalue weighted by Gasteiger charge is 2.15. The van der Waals surface area contributed by atoms with E-state index in [1.54, 1.807) is 49.6 Å². The molecule has 0 aliphatic carbocycles. The van der Waals surface area contributed by atoms with Gasteiger partial charge >= 0.3 is 0 Å². The van der Waals surface area contributed by atoms with Crippen LogP contribution >= 0.6 is 0 Å². The molecule has 0 saturated heterocycles. The standard InChI is InChI=1S/C21H22N2O6/c1-27-16-8-5-14(6-9-16)17(24)3-2-4-20(25)22-23-21(26)15-7-10-18-19(13-15)29-12-11-28-18/h5-10,13H,2-4,11-12H2,1H3,(H,22,25)(H,23,26). The van der Waals surface area contributed by atoms with E-state index in [1.807, 2.05) is 0 Å². The molecule has 1 heterocycles. The molecule has 2 N–H and O–H groups in total. The number of hydrazine groups is 1. The number of methoxy groups -OCH3 is 1. The van der Waals surface area contributed by atoms with E-state index in [-0.39, 0.29) is 24.5 Å². The molecule has 8 nitrogen and oxygen atoms in total. The molecule has 0 spiro atoms. The number of hydrogen-bond donors (Lipinski definition) is 2. The highest BCUT2D eigenvalue weighted by atomic mass is 16.6. The fourth-order valence-electron chi connectivity index (χ4n) is 2.78. The Morgan fingerprint density at radius 3 is 2.31 bits per heavy atom. The molecule has 29 heavy (non-hydrogen) atoms. The van der Waals surface area contributed by atoms with Gasteiger partial charge < -0.3 is 14.2 Å². The van der Waals surface area contributed by atoms with Gasteiger partial charge in [0.05, 0.1) is 7.11 Å². The number of amides is 2. The summed E-state index contributed by atoms with van der Waals surface area (Å²) in [5.74, 6) is 0.851. The SMILES string of the molecule is COc1ccc(C(=O)CCCC(=O)NNC(=O)c2ccc3c(c2)OCCO3)cc1. The molecular weight excluding hydrogens is 376 g/mol. The van der Waals surface area contributed by atoms with Crippen LogP contribution in [0.25, 0.3) is 0 Å². The van der Waals surface area contributed by atoms with Crippen LogP contribution in [0.4, 0.5) is 0 Å². The van der Waals surface area contributed by atoms with Crippen molar-refractivity contribution < 1.29 is 28.6 Å². The predicted molar refractivity (Wildman–Crippen MR) is 104 cm³/mol. The third kappa shape index (κ3) is 5.47. The Labute approximate surface area is 168 Å². The van der Waals surface area contributed by atoms with Gasteiger partial charge in [-0.25, -0.2) is 0 Å². The zero-order chi connectivity index (χ0) is 20.6. The van der Waals surface area contributed by atoms with Gasteiger partial charge in [-0.15, -0.1) is 0 Å². The van der Waals surface area contributed by atoms with E-state index < -0.39 is 5.91 Å². The van der Waals surface area contributed by atoms with Crippen LogP contribution in [-0.4, -0.2) is 37.9 Å². The van der Waals surface area contributed by atoms with Gasteiger partial charge in [-0.3, -0.25) is 25.2 Å². The van der Waals surface area contributed by atoms with Crippen molar-refractivity contribution in [2.45, 2.75) is 19.3 Å². The van der Waals surface area contributed by atoms with Gasteiger partial charge in [0.1, 0.15) is 19.0 Å². The molecule has 2 aromatic rings. The number of Topliss-reactive ketones (excluding diaryl/α,β-unsaturated/α-hetero) is 1. The van der Waals surface area contributed by atoms with Crippen LogP contribution in [0.5, 0.6) is 17.2 Å². The van der Waals surface area contributed by atoms with E-state index in [9.17, 15) is 14.4 Å². The van der Waals surface area contributed by atoms with E-state index in [0.717, 1.165) is 0 Å². The maximum Gasteiger partial charge on any atom is 0.269 e. The highest BCUT2D eigenvalue weighted by molar-refractivity contribution is 5.97. The first-order valence-electron chi connectivity index (χ1n) is 9.23. The van der Waals surface area contributed by atoms with Crippen LogP contribution in [0.2, 0.25) is 0 Å². The van der Waals surface area contributed by atoms with Crippen molar-refractivity contribution in [2.75, 3.05) is 20.3 Å². The number of rotatable bonds is 7. The maximum absolute atomic E-state index is 12.2. The average molecular weight is 398 g/mol. The topological polar surface area (TPSA) is 103 Å². The summed E-state index contributed by atoms with van der Waals surface area (Å²) in [5, 5.41) is 0. The second kappa shape index (κ2) is 9.59. The van der Waals surface area contributed by atoms with Crippen molar-refractivity contribution in [3.8, 4) is 17.2 Å². The molecule has 0 saturated carbocycles. The number of carbonyl (C=O) groups is 3. The lowest BCUT2D eigenvalue weighted by atomic mass is 10.1. The van der Waals surface area contributed by atoms with E-state index in [1.165, 1.54) is 0 Å². The summed E-state index contributed by atoms with van der Waals surface area (Å²) in [6.07, 6.45) is 0.718. The maximum atomic E-state index is 12.2. The molecule has 8 heteroatoms. The van der Waals surface area contributed by atoms with Gasteiger partial charge in [-0.2, -0.15) is 0 Å². The van der Waals surface area contributed by atoms with E-state index in [0.29, 0.717) is 48.0 Å². The zero-order valence-electron chi connectivity index (χ0n) is 16.0. The molecule has 1 aliphatic heterocycles. The number of hydrogen-bond acceptors (Lipinski definition) is 6. The lowest BCUT2D eigenvalue weighted by Crippen LogP contribution is -2.41. The molecule has 2 amide bonds. The quantitative estimate of drug-likeness (QED) is 0.548. The molecule has 0 bridgehead atoms. The number of benzene rings is 2. The minimum Gasteiger partial charge on any atom is -0.497 e. The molecule has 1 aliphatic rings. The van der Waals surface area contributed by atoms with Crippen LogP contribution in [-0.2, 0) is 4.79 Å². The summed E-state index contributed by atoms with van der Waals surface area (Å²) < 4.78 is 15.9. The number of carbonyl (C=O) groups excluding carboxylic acids is 3. The average Bonchev–Trinajstić information content (AvgIpc) is 2.77. The highest BCUT2D eigenvalue weighted by Crippen LogP contribution is 2.30. The first kappa shape index (κ1) is 20.2. The van der Waals surface area contributed by atoms with Crippen LogP contribution in [0.15, 0.2) is 42.5 Å². The Bertz CT molecular complexity index is 895.